The van der Waals surface area contributed by atoms with Gasteiger partial charge in [-0.2, -0.15) is 0 Å². The first-order valence-electron chi connectivity index (χ1n) is 6.56. The Morgan fingerprint density at radius 2 is 1.64 bits per heavy atom. The first kappa shape index (κ1) is 16.0. The Hall–Kier alpha value is -2.41. The highest BCUT2D eigenvalue weighted by molar-refractivity contribution is 7.92. The third kappa shape index (κ3) is 3.25. The summed E-state index contributed by atoms with van der Waals surface area (Å²) in [7, 11) is -3.89. The van der Waals surface area contributed by atoms with Crippen LogP contribution < -0.4 is 4.72 Å². The third-order valence-corrected chi connectivity index (χ3v) is 4.82. The molecule has 0 aliphatic carbocycles. The van der Waals surface area contributed by atoms with Gasteiger partial charge in [-0.3, -0.25) is 14.8 Å². The first-order valence-corrected chi connectivity index (χ1v) is 8.04. The summed E-state index contributed by atoms with van der Waals surface area (Å²) in [5.74, 6) is 0. The van der Waals surface area contributed by atoms with E-state index in [4.69, 9.17) is 0 Å². The normalized spacial score (nSPS) is 11.2. The van der Waals surface area contributed by atoms with Crippen molar-refractivity contribution in [3.05, 3.63) is 63.2 Å². The van der Waals surface area contributed by atoms with Crippen LogP contribution in [0.15, 0.2) is 41.3 Å². The number of hydrogen-bond acceptors (Lipinski definition) is 4. The van der Waals surface area contributed by atoms with Crippen LogP contribution >= 0.6 is 0 Å². The van der Waals surface area contributed by atoms with E-state index in [1.807, 2.05) is 19.1 Å². The molecule has 0 spiro atoms. The number of benzene rings is 2. The summed E-state index contributed by atoms with van der Waals surface area (Å²) in [5, 5.41) is 10.8. The Labute approximate surface area is 129 Å². The van der Waals surface area contributed by atoms with Crippen LogP contribution in [-0.4, -0.2) is 13.3 Å². The lowest BCUT2D eigenvalue weighted by Crippen LogP contribution is -2.15. The zero-order valence-electron chi connectivity index (χ0n) is 12.5. The van der Waals surface area contributed by atoms with Crippen molar-refractivity contribution in [1.29, 1.82) is 0 Å². The monoisotopic (exact) mass is 320 g/mol. The molecule has 0 heterocycles. The average molecular weight is 320 g/mol. The molecule has 0 amide bonds. The Morgan fingerprint density at radius 3 is 2.27 bits per heavy atom. The molecular weight excluding hydrogens is 304 g/mol. The maximum absolute atomic E-state index is 12.5. The van der Waals surface area contributed by atoms with E-state index in [2.05, 4.69) is 4.72 Å². The molecule has 0 saturated heterocycles. The fourth-order valence-electron chi connectivity index (χ4n) is 2.04. The summed E-state index contributed by atoms with van der Waals surface area (Å²) in [6, 6.07) is 9.20. The topological polar surface area (TPSA) is 89.3 Å². The van der Waals surface area contributed by atoms with Crippen LogP contribution in [0, 0.1) is 30.9 Å². The predicted molar refractivity (Wildman–Crippen MR) is 84.6 cm³/mol. The highest BCUT2D eigenvalue weighted by Crippen LogP contribution is 2.25. The van der Waals surface area contributed by atoms with Crippen molar-refractivity contribution in [2.45, 2.75) is 25.7 Å². The second kappa shape index (κ2) is 5.76. The van der Waals surface area contributed by atoms with E-state index in [0.717, 1.165) is 17.2 Å². The minimum atomic E-state index is -3.89. The fraction of sp³-hybridized carbons (Fsp3) is 0.200. The summed E-state index contributed by atoms with van der Waals surface area (Å²) in [6.07, 6.45) is 0. The maximum atomic E-state index is 12.5. The van der Waals surface area contributed by atoms with E-state index in [1.165, 1.54) is 12.1 Å². The minimum absolute atomic E-state index is 0.0948. The lowest BCUT2D eigenvalue weighted by Gasteiger charge is -2.13. The van der Waals surface area contributed by atoms with E-state index in [9.17, 15) is 18.5 Å². The van der Waals surface area contributed by atoms with Gasteiger partial charge in [0.2, 0.25) is 0 Å². The molecule has 0 aliphatic rings. The number of nitrogens with one attached hydrogen (secondary N) is 1. The van der Waals surface area contributed by atoms with Crippen LogP contribution in [0.4, 0.5) is 11.4 Å². The number of nitro groups is 1. The molecule has 7 heteroatoms. The number of nitrogens with zero attached hydrogens (tertiary/aromatic N) is 1. The molecule has 22 heavy (non-hydrogen) atoms. The molecule has 0 atom stereocenters. The molecule has 0 unspecified atom stereocenters. The van der Waals surface area contributed by atoms with E-state index < -0.39 is 14.9 Å². The number of sulfonamides is 1. The zero-order valence-corrected chi connectivity index (χ0v) is 13.3. The molecule has 0 saturated carbocycles. The number of aryl methyl sites for hydroxylation is 3. The lowest BCUT2D eigenvalue weighted by molar-refractivity contribution is -0.385. The maximum Gasteiger partial charge on any atom is 0.270 e. The largest absolute Gasteiger partial charge is 0.279 e. The number of non-ortho nitro benzene ring substituents is 1. The van der Waals surface area contributed by atoms with Crippen molar-refractivity contribution in [1.82, 2.24) is 0 Å². The van der Waals surface area contributed by atoms with E-state index in [1.54, 1.807) is 19.9 Å². The second-order valence-corrected chi connectivity index (χ2v) is 6.78. The molecule has 0 fully saturated rings. The molecule has 116 valence electrons. The fourth-order valence-corrected chi connectivity index (χ4v) is 3.42. The molecule has 2 aromatic carbocycles. The van der Waals surface area contributed by atoms with Crippen molar-refractivity contribution in [3.63, 3.8) is 0 Å². The van der Waals surface area contributed by atoms with Gasteiger partial charge >= 0.3 is 0 Å². The molecule has 0 radical (unpaired) electrons. The van der Waals surface area contributed by atoms with Crippen LogP contribution in [0.2, 0.25) is 0 Å². The molecule has 0 aliphatic heterocycles. The van der Waals surface area contributed by atoms with E-state index in [-0.39, 0.29) is 10.6 Å². The summed E-state index contributed by atoms with van der Waals surface area (Å²) in [5.41, 5.74) is 2.34. The van der Waals surface area contributed by atoms with Crippen molar-refractivity contribution < 1.29 is 13.3 Å². The highest BCUT2D eigenvalue weighted by atomic mass is 32.2. The minimum Gasteiger partial charge on any atom is -0.279 e. The molecule has 2 aromatic rings. The Morgan fingerprint density at radius 1 is 1.00 bits per heavy atom. The van der Waals surface area contributed by atoms with Crippen LogP contribution in [0.3, 0.4) is 0 Å². The molecule has 0 aromatic heterocycles. The van der Waals surface area contributed by atoms with Gasteiger partial charge in [0.1, 0.15) is 0 Å². The second-order valence-electron chi connectivity index (χ2n) is 5.13. The van der Waals surface area contributed by atoms with Crippen molar-refractivity contribution in [3.8, 4) is 0 Å². The van der Waals surface area contributed by atoms with Gasteiger partial charge < -0.3 is 0 Å². The standard InChI is InChI=1S/C15H16N2O4S/c1-10-4-5-11(2)14(8-10)16-22(20,21)15-9-13(17(18)19)7-6-12(15)3/h4-9,16H,1-3H3. The third-order valence-electron chi connectivity index (χ3n) is 3.31. The van der Waals surface area contributed by atoms with Crippen molar-refractivity contribution in [2.75, 3.05) is 4.72 Å². The lowest BCUT2D eigenvalue weighted by atomic mass is 10.1. The number of hydrogen-bond donors (Lipinski definition) is 1. The van der Waals surface area contributed by atoms with Gasteiger partial charge in [-0.15, -0.1) is 0 Å². The Balaban J connectivity index is 2.49. The average Bonchev–Trinajstić information content (AvgIpc) is 2.42. The quantitative estimate of drug-likeness (QED) is 0.691. The zero-order chi connectivity index (χ0) is 16.5. The van der Waals surface area contributed by atoms with E-state index in [0.29, 0.717) is 11.3 Å². The summed E-state index contributed by atoms with van der Waals surface area (Å²) in [4.78, 5) is 10.1. The summed E-state index contributed by atoms with van der Waals surface area (Å²) >= 11 is 0. The van der Waals surface area contributed by atoms with Gasteiger partial charge in [0, 0.05) is 12.1 Å². The molecule has 6 nitrogen and oxygen atoms in total. The van der Waals surface area contributed by atoms with Crippen LogP contribution in [0.5, 0.6) is 0 Å². The molecular formula is C15H16N2O4S. The van der Waals surface area contributed by atoms with Gasteiger partial charge in [0.15, 0.2) is 0 Å². The Kier molecular flexibility index (Phi) is 4.18. The number of rotatable bonds is 4. The van der Waals surface area contributed by atoms with Crippen LogP contribution in [0.25, 0.3) is 0 Å². The van der Waals surface area contributed by atoms with Gasteiger partial charge in [-0.25, -0.2) is 8.42 Å². The van der Waals surface area contributed by atoms with Crippen LogP contribution in [-0.2, 0) is 10.0 Å². The van der Waals surface area contributed by atoms with E-state index >= 15 is 0 Å². The van der Waals surface area contributed by atoms with Crippen molar-refractivity contribution in [2.24, 2.45) is 0 Å². The van der Waals surface area contributed by atoms with Gasteiger partial charge in [-0.05, 0) is 43.5 Å². The molecule has 0 bridgehead atoms. The predicted octanol–water partition coefficient (Wildman–Crippen LogP) is 3.32. The smallest absolute Gasteiger partial charge is 0.270 e. The number of nitro benzene ring substituents is 1. The first-order chi connectivity index (χ1) is 10.2. The van der Waals surface area contributed by atoms with Gasteiger partial charge in [-0.1, -0.05) is 18.2 Å². The van der Waals surface area contributed by atoms with Crippen LogP contribution in [0.1, 0.15) is 16.7 Å². The molecule has 2 rings (SSSR count). The summed E-state index contributed by atoms with van der Waals surface area (Å²) < 4.78 is 27.6. The van der Waals surface area contributed by atoms with Gasteiger partial charge in [0.25, 0.3) is 15.7 Å². The SMILES string of the molecule is Cc1ccc(C)c(NS(=O)(=O)c2cc([N+](=O)[O-])ccc2C)c1. The van der Waals surface area contributed by atoms with Gasteiger partial charge in [0.05, 0.1) is 15.5 Å². The summed E-state index contributed by atoms with van der Waals surface area (Å²) in [6.45, 7) is 5.24. The molecule has 1 N–H and O–H groups in total. The van der Waals surface area contributed by atoms with Crippen molar-refractivity contribution >= 4 is 21.4 Å². The highest BCUT2D eigenvalue weighted by Gasteiger charge is 2.21. The Bertz CT molecular complexity index is 845. The number of anilines is 1.